The number of nitrogens with zero attached hydrogens (tertiary/aromatic N) is 4. The van der Waals surface area contributed by atoms with Crippen molar-refractivity contribution in [2.75, 3.05) is 23.9 Å². The number of fused-ring (bicyclic) bond motifs is 3. The minimum Gasteiger partial charge on any atom is -0.497 e. The summed E-state index contributed by atoms with van der Waals surface area (Å²) in [5.41, 5.74) is 3.63. The van der Waals surface area contributed by atoms with Crippen molar-refractivity contribution in [3.05, 3.63) is 102 Å². The number of rotatable bonds is 12. The molecule has 3 N–H and O–H groups in total. The number of hydrogen-bond acceptors (Lipinski definition) is 7. The maximum Gasteiger partial charge on any atom is 0.264 e. The third-order valence-corrected chi connectivity index (χ3v) is 12.8. The molecule has 3 aromatic carbocycles. The SMILES string of the molecule is COc1ccc2c(c1)[C@]1(O[C@@H](CCn3cc(CCO)nn3)[C@H]([Si](C)(C)F)[C@H]1C)C(=O)N2Cc1ccc(NC(=O)Cc2c[nH]c3ccccc23)cc1. The number of para-hydroxylation sites is 1. The van der Waals surface area contributed by atoms with E-state index in [9.17, 15) is 14.7 Å². The highest BCUT2D eigenvalue weighted by Crippen LogP contribution is 2.60. The summed E-state index contributed by atoms with van der Waals surface area (Å²) in [5.74, 6) is -0.224. The summed E-state index contributed by atoms with van der Waals surface area (Å²) in [6.07, 6.45) is 4.19. The van der Waals surface area contributed by atoms with Crippen molar-refractivity contribution >= 4 is 42.5 Å². The first kappa shape index (κ1) is 34.6. The van der Waals surface area contributed by atoms with Crippen molar-refractivity contribution in [2.45, 2.75) is 69.6 Å². The molecule has 0 saturated carbocycles. The zero-order valence-corrected chi connectivity index (χ0v) is 30.2. The van der Waals surface area contributed by atoms with Crippen molar-refractivity contribution in [3.63, 3.8) is 0 Å². The number of aliphatic hydroxyl groups is 1. The molecule has 13 heteroatoms. The number of aromatic amines is 1. The highest BCUT2D eigenvalue weighted by Gasteiger charge is 2.66. The molecule has 1 saturated heterocycles. The van der Waals surface area contributed by atoms with Crippen LogP contribution in [-0.2, 0) is 45.9 Å². The van der Waals surface area contributed by atoms with E-state index in [1.165, 1.54) is 0 Å². The average molecular weight is 711 g/mol. The minimum absolute atomic E-state index is 0.0249. The number of H-pyrrole nitrogens is 1. The van der Waals surface area contributed by atoms with E-state index in [-0.39, 0.29) is 31.4 Å². The van der Waals surface area contributed by atoms with Crippen molar-refractivity contribution in [1.82, 2.24) is 20.0 Å². The van der Waals surface area contributed by atoms with Gasteiger partial charge in [0.25, 0.3) is 5.91 Å². The first-order valence-corrected chi connectivity index (χ1v) is 20.3. The Kier molecular flexibility index (Phi) is 9.29. The van der Waals surface area contributed by atoms with E-state index in [0.29, 0.717) is 47.8 Å². The Hall–Kier alpha value is -4.85. The summed E-state index contributed by atoms with van der Waals surface area (Å²) in [4.78, 5) is 32.6. The molecule has 7 rings (SSSR count). The number of benzene rings is 3. The molecule has 0 aliphatic carbocycles. The summed E-state index contributed by atoms with van der Waals surface area (Å²) in [5, 5.41) is 21.6. The van der Waals surface area contributed by atoms with Crippen molar-refractivity contribution in [3.8, 4) is 5.75 Å². The predicted molar refractivity (Wildman–Crippen MR) is 195 cm³/mol. The van der Waals surface area contributed by atoms with Gasteiger partial charge in [0.05, 0.1) is 37.6 Å². The molecular formula is C38H43FN6O5Si. The van der Waals surface area contributed by atoms with Gasteiger partial charge in [-0.05, 0) is 67.0 Å². The Bertz CT molecular complexity index is 2060. The van der Waals surface area contributed by atoms with Gasteiger partial charge in [-0.1, -0.05) is 42.5 Å². The Morgan fingerprint density at radius 1 is 1.16 bits per heavy atom. The van der Waals surface area contributed by atoms with Gasteiger partial charge in [-0.2, -0.15) is 0 Å². The molecule has 0 bridgehead atoms. The molecule has 1 spiro atoms. The second-order valence-electron chi connectivity index (χ2n) is 14.1. The normalized spacial score (nSPS) is 21.5. The van der Waals surface area contributed by atoms with Crippen molar-refractivity contribution in [1.29, 1.82) is 0 Å². The van der Waals surface area contributed by atoms with E-state index >= 15 is 4.11 Å². The fraction of sp³-hybridized carbons (Fsp3) is 0.368. The number of nitrogens with one attached hydrogen (secondary N) is 2. The summed E-state index contributed by atoms with van der Waals surface area (Å²) in [6, 6.07) is 20.9. The Balaban J connectivity index is 1.11. The third-order valence-electron chi connectivity index (χ3n) is 10.4. The number of aryl methyl sites for hydroxylation is 1. The van der Waals surface area contributed by atoms with Crippen LogP contribution in [0.3, 0.4) is 0 Å². The van der Waals surface area contributed by atoms with Crippen LogP contribution in [0, 0.1) is 5.92 Å². The maximum absolute atomic E-state index is 16.3. The Morgan fingerprint density at radius 3 is 2.69 bits per heavy atom. The molecule has 4 heterocycles. The van der Waals surface area contributed by atoms with E-state index < -0.39 is 31.6 Å². The third kappa shape index (κ3) is 6.45. The number of aliphatic hydroxyl groups excluding tert-OH is 1. The van der Waals surface area contributed by atoms with Gasteiger partial charge in [-0.25, -0.2) is 0 Å². The number of amides is 2. The second-order valence-corrected chi connectivity index (χ2v) is 17.9. The van der Waals surface area contributed by atoms with Crippen LogP contribution in [0.5, 0.6) is 5.75 Å². The lowest BCUT2D eigenvalue weighted by atomic mass is 9.82. The summed E-state index contributed by atoms with van der Waals surface area (Å²) < 4.78 is 30.4. The molecular weight excluding hydrogens is 668 g/mol. The monoisotopic (exact) mass is 710 g/mol. The van der Waals surface area contributed by atoms with Crippen LogP contribution in [0.2, 0.25) is 18.6 Å². The standard InChI is InChI=1S/C38H43FN6O5Si/c1-24-36(51(3,4)39)34(15-17-44-23-28(16-18-46)42-43-44)50-38(24)31-20-29(49-2)13-14-33(31)45(37(38)48)22-25-9-11-27(12-10-25)41-35(47)19-26-21-40-32-8-6-5-7-30(26)32/h5-14,20-21,23-24,34,36,40,46H,15-19,22H2,1-4H3,(H,41,47)/t24-,34+,36-,38+/m1/s1. The van der Waals surface area contributed by atoms with Crippen LogP contribution in [0.25, 0.3) is 10.9 Å². The van der Waals surface area contributed by atoms with Crippen LogP contribution in [0.4, 0.5) is 15.5 Å². The maximum atomic E-state index is 16.3. The molecule has 2 amide bonds. The topological polar surface area (TPSA) is 135 Å². The smallest absolute Gasteiger partial charge is 0.264 e. The Labute approximate surface area is 296 Å². The second kappa shape index (κ2) is 13.7. The number of hydrogen-bond donors (Lipinski definition) is 3. The molecule has 11 nitrogen and oxygen atoms in total. The molecule has 51 heavy (non-hydrogen) atoms. The van der Waals surface area contributed by atoms with Gasteiger partial charge in [0, 0.05) is 65.6 Å². The van der Waals surface area contributed by atoms with Crippen LogP contribution in [-0.4, -0.2) is 65.1 Å². The first-order valence-electron chi connectivity index (χ1n) is 17.3. The minimum atomic E-state index is -3.35. The van der Waals surface area contributed by atoms with E-state index in [2.05, 4.69) is 20.6 Å². The summed E-state index contributed by atoms with van der Waals surface area (Å²) in [6.45, 7) is 5.97. The van der Waals surface area contributed by atoms with Gasteiger partial charge in [0.2, 0.25) is 14.3 Å². The molecule has 2 aliphatic heterocycles. The average Bonchev–Trinajstić information content (AvgIpc) is 3.86. The van der Waals surface area contributed by atoms with Gasteiger partial charge < -0.3 is 33.9 Å². The number of carbonyl (C=O) groups excluding carboxylic acids is 2. The van der Waals surface area contributed by atoms with E-state index in [1.54, 1.807) is 36.0 Å². The molecule has 2 aromatic heterocycles. The van der Waals surface area contributed by atoms with Gasteiger partial charge >= 0.3 is 0 Å². The van der Waals surface area contributed by atoms with Crippen LogP contribution in [0.15, 0.2) is 79.1 Å². The Morgan fingerprint density at radius 2 is 1.94 bits per heavy atom. The lowest BCUT2D eigenvalue weighted by Crippen LogP contribution is -2.45. The highest BCUT2D eigenvalue weighted by atomic mass is 28.4. The lowest BCUT2D eigenvalue weighted by molar-refractivity contribution is -0.146. The zero-order valence-electron chi connectivity index (χ0n) is 29.2. The molecule has 5 aromatic rings. The highest BCUT2D eigenvalue weighted by molar-refractivity contribution is 6.72. The summed E-state index contributed by atoms with van der Waals surface area (Å²) >= 11 is 0. The fourth-order valence-electron chi connectivity index (χ4n) is 8.05. The van der Waals surface area contributed by atoms with Crippen LogP contribution >= 0.6 is 0 Å². The molecule has 2 aliphatic rings. The van der Waals surface area contributed by atoms with Crippen LogP contribution < -0.4 is 15.0 Å². The zero-order chi connectivity index (χ0) is 35.9. The summed E-state index contributed by atoms with van der Waals surface area (Å²) in [7, 11) is -1.78. The quantitative estimate of drug-likeness (QED) is 0.109. The molecule has 266 valence electrons. The number of ether oxygens (including phenoxy) is 2. The predicted octanol–water partition coefficient (Wildman–Crippen LogP) is 5.90. The van der Waals surface area contributed by atoms with E-state index in [1.807, 2.05) is 79.9 Å². The van der Waals surface area contributed by atoms with E-state index in [4.69, 9.17) is 9.47 Å². The molecule has 1 fully saturated rings. The van der Waals surface area contributed by atoms with Gasteiger partial charge in [0.15, 0.2) is 5.60 Å². The van der Waals surface area contributed by atoms with Gasteiger partial charge in [-0.15, -0.1) is 5.10 Å². The van der Waals surface area contributed by atoms with Crippen molar-refractivity contribution in [2.24, 2.45) is 5.92 Å². The van der Waals surface area contributed by atoms with E-state index in [0.717, 1.165) is 22.0 Å². The fourth-order valence-corrected chi connectivity index (χ4v) is 10.6. The largest absolute Gasteiger partial charge is 0.497 e. The number of carbonyl (C=O) groups is 2. The number of halogens is 1. The van der Waals surface area contributed by atoms with Crippen molar-refractivity contribution < 1.29 is 28.3 Å². The number of aromatic nitrogens is 4. The number of anilines is 2. The van der Waals surface area contributed by atoms with Gasteiger partial charge in [-0.3, -0.25) is 14.3 Å². The lowest BCUT2D eigenvalue weighted by Gasteiger charge is -2.31. The van der Waals surface area contributed by atoms with Crippen LogP contribution in [0.1, 0.15) is 35.7 Å². The van der Waals surface area contributed by atoms with Gasteiger partial charge in [0.1, 0.15) is 5.75 Å². The molecule has 0 unspecified atom stereocenters. The number of methoxy groups -OCH3 is 1. The molecule has 0 radical (unpaired) electrons. The first-order chi connectivity index (χ1) is 24.5. The molecule has 4 atom stereocenters.